The largest absolute Gasteiger partial charge is 0.354 e. The lowest BCUT2D eigenvalue weighted by atomic mass is 10.0. The van der Waals surface area contributed by atoms with Gasteiger partial charge in [0.05, 0.1) is 11.9 Å². The van der Waals surface area contributed by atoms with Gasteiger partial charge in [0, 0.05) is 43.0 Å². The highest BCUT2D eigenvalue weighted by atomic mass is 79.9. The summed E-state index contributed by atoms with van der Waals surface area (Å²) in [7, 11) is -3.86. The molecule has 3 aromatic carbocycles. The van der Waals surface area contributed by atoms with E-state index in [1.807, 2.05) is 68.4 Å². The fourth-order valence-electron chi connectivity index (χ4n) is 4.45. The van der Waals surface area contributed by atoms with Crippen LogP contribution in [0.4, 0.5) is 14.5 Å². The van der Waals surface area contributed by atoms with Gasteiger partial charge in [-0.3, -0.25) is 13.9 Å². The highest BCUT2D eigenvalue weighted by Crippen LogP contribution is 2.23. The summed E-state index contributed by atoms with van der Waals surface area (Å²) in [4.78, 5) is 28.9. The Morgan fingerprint density at radius 3 is 2.24 bits per heavy atom. The molecule has 7 nitrogen and oxygen atoms in total. The van der Waals surface area contributed by atoms with Crippen molar-refractivity contribution in [2.45, 2.75) is 45.7 Å². The fourth-order valence-corrected chi connectivity index (χ4v) is 5.86. The molecular formula is C31H36BrF2N3O4S. The highest BCUT2D eigenvalue weighted by Gasteiger charge is 2.30. The second kappa shape index (κ2) is 15.2. The van der Waals surface area contributed by atoms with Crippen molar-refractivity contribution in [1.82, 2.24) is 10.2 Å². The molecular weight excluding hydrogens is 628 g/mol. The van der Waals surface area contributed by atoms with Crippen molar-refractivity contribution in [3.8, 4) is 0 Å². The number of amides is 2. The Morgan fingerprint density at radius 1 is 0.929 bits per heavy atom. The first-order valence-corrected chi connectivity index (χ1v) is 16.3. The molecule has 3 rings (SSSR count). The molecule has 0 heterocycles. The third-order valence-corrected chi connectivity index (χ3v) is 8.23. The lowest BCUT2D eigenvalue weighted by Crippen LogP contribution is -2.51. The Morgan fingerprint density at radius 2 is 1.62 bits per heavy atom. The second-order valence-electron chi connectivity index (χ2n) is 10.5. The van der Waals surface area contributed by atoms with E-state index in [-0.39, 0.29) is 55.8 Å². The minimum atomic E-state index is -3.86. The van der Waals surface area contributed by atoms with Crippen molar-refractivity contribution in [2.24, 2.45) is 5.92 Å². The van der Waals surface area contributed by atoms with Gasteiger partial charge in [0.25, 0.3) is 0 Å². The van der Waals surface area contributed by atoms with Crippen LogP contribution < -0.4 is 9.62 Å². The van der Waals surface area contributed by atoms with Gasteiger partial charge >= 0.3 is 0 Å². The highest BCUT2D eigenvalue weighted by molar-refractivity contribution is 9.10. The van der Waals surface area contributed by atoms with Crippen LogP contribution in [0.3, 0.4) is 0 Å². The Balaban J connectivity index is 1.89. The smallest absolute Gasteiger partial charge is 0.243 e. The van der Waals surface area contributed by atoms with Crippen LogP contribution in [-0.4, -0.2) is 50.5 Å². The molecule has 0 aromatic heterocycles. The van der Waals surface area contributed by atoms with Crippen LogP contribution in [0.5, 0.6) is 0 Å². The molecule has 2 amide bonds. The van der Waals surface area contributed by atoms with Gasteiger partial charge in [0.15, 0.2) is 11.6 Å². The van der Waals surface area contributed by atoms with Crippen molar-refractivity contribution in [3.63, 3.8) is 0 Å². The minimum absolute atomic E-state index is 0.0372. The average Bonchev–Trinajstić information content (AvgIpc) is 2.93. The summed E-state index contributed by atoms with van der Waals surface area (Å²) in [6.45, 7) is 4.43. The lowest BCUT2D eigenvalue weighted by molar-refractivity contribution is -0.141. The van der Waals surface area contributed by atoms with Crippen molar-refractivity contribution >= 4 is 43.5 Å². The quantitative estimate of drug-likeness (QED) is 0.240. The van der Waals surface area contributed by atoms with Crippen molar-refractivity contribution in [3.05, 3.63) is 100 Å². The molecule has 0 spiro atoms. The molecule has 0 bridgehead atoms. The van der Waals surface area contributed by atoms with Gasteiger partial charge in [0.1, 0.15) is 6.04 Å². The van der Waals surface area contributed by atoms with Crippen LogP contribution in [0.25, 0.3) is 0 Å². The van der Waals surface area contributed by atoms with Crippen LogP contribution >= 0.6 is 15.9 Å². The molecule has 0 fully saturated rings. The molecule has 42 heavy (non-hydrogen) atoms. The number of carbonyl (C=O) groups is 2. The van der Waals surface area contributed by atoms with Crippen molar-refractivity contribution < 1.29 is 26.8 Å². The lowest BCUT2D eigenvalue weighted by Gasteiger charge is -2.32. The number of nitrogens with one attached hydrogen (secondary N) is 1. The maximum Gasteiger partial charge on any atom is 0.243 e. The summed E-state index contributed by atoms with van der Waals surface area (Å²) >= 11 is 3.46. The maximum absolute atomic E-state index is 13.9. The van der Waals surface area contributed by atoms with E-state index in [1.54, 1.807) is 0 Å². The zero-order valence-corrected chi connectivity index (χ0v) is 26.3. The molecule has 226 valence electrons. The number of nitrogens with zero attached hydrogens (tertiary/aromatic N) is 2. The van der Waals surface area contributed by atoms with Crippen LogP contribution in [-0.2, 0) is 32.6 Å². The van der Waals surface area contributed by atoms with Crippen molar-refractivity contribution in [2.75, 3.05) is 23.7 Å². The third kappa shape index (κ3) is 9.90. The Bertz CT molecular complexity index is 1470. The van der Waals surface area contributed by atoms with E-state index >= 15 is 0 Å². The summed E-state index contributed by atoms with van der Waals surface area (Å²) < 4.78 is 54.1. The first-order chi connectivity index (χ1) is 19.8. The van der Waals surface area contributed by atoms with Gasteiger partial charge in [-0.25, -0.2) is 17.2 Å². The predicted octanol–water partition coefficient (Wildman–Crippen LogP) is 5.69. The first kappa shape index (κ1) is 33.2. The molecule has 0 unspecified atom stereocenters. The number of hydrogen-bond donors (Lipinski definition) is 1. The molecule has 11 heteroatoms. The van der Waals surface area contributed by atoms with E-state index in [2.05, 4.69) is 21.2 Å². The van der Waals surface area contributed by atoms with Gasteiger partial charge < -0.3 is 10.2 Å². The molecule has 1 N–H and O–H groups in total. The molecule has 1 atom stereocenters. The summed E-state index contributed by atoms with van der Waals surface area (Å²) in [6.07, 6.45) is 1.26. The minimum Gasteiger partial charge on any atom is -0.354 e. The third-order valence-electron chi connectivity index (χ3n) is 6.54. The number of anilines is 1. The number of hydrogen-bond acceptors (Lipinski definition) is 4. The molecule has 3 aromatic rings. The molecule has 0 radical (unpaired) electrons. The van der Waals surface area contributed by atoms with Gasteiger partial charge in [-0.05, 0) is 47.7 Å². The topological polar surface area (TPSA) is 86.8 Å². The van der Waals surface area contributed by atoms with Crippen LogP contribution in [0.15, 0.2) is 77.3 Å². The predicted molar refractivity (Wildman–Crippen MR) is 164 cm³/mol. The first-order valence-electron chi connectivity index (χ1n) is 13.6. The number of benzene rings is 3. The maximum atomic E-state index is 13.9. The van der Waals surface area contributed by atoms with Gasteiger partial charge in [-0.15, -0.1) is 0 Å². The van der Waals surface area contributed by atoms with Gasteiger partial charge in [-0.1, -0.05) is 72.2 Å². The Labute approximate surface area is 255 Å². The summed E-state index contributed by atoms with van der Waals surface area (Å²) in [5, 5.41) is 2.96. The zero-order chi connectivity index (χ0) is 30.9. The molecule has 0 aliphatic carbocycles. The number of sulfonamides is 1. The summed E-state index contributed by atoms with van der Waals surface area (Å²) in [5.41, 5.74) is 1.66. The average molecular weight is 665 g/mol. The van der Waals surface area contributed by atoms with E-state index in [1.165, 1.54) is 11.0 Å². The van der Waals surface area contributed by atoms with E-state index in [9.17, 15) is 26.8 Å². The number of carbonyl (C=O) groups excluding carboxylic acids is 2. The van der Waals surface area contributed by atoms with E-state index in [0.717, 1.165) is 38.3 Å². The number of rotatable bonds is 14. The second-order valence-corrected chi connectivity index (χ2v) is 13.4. The fraction of sp³-hybridized carbons (Fsp3) is 0.355. The SMILES string of the molecule is CC(C)CNC(=O)[C@H](Cc1ccccc1)N(Cc1cccc(Br)c1)C(=O)CCCN(c1ccc(F)c(F)c1)S(C)(=O)=O. The van der Waals surface area contributed by atoms with Crippen LogP contribution in [0, 0.1) is 17.6 Å². The van der Waals surface area contributed by atoms with Gasteiger partial charge in [-0.2, -0.15) is 0 Å². The van der Waals surface area contributed by atoms with Crippen molar-refractivity contribution in [1.29, 1.82) is 0 Å². The van der Waals surface area contributed by atoms with E-state index in [4.69, 9.17) is 0 Å². The van der Waals surface area contributed by atoms with Gasteiger partial charge in [0.2, 0.25) is 21.8 Å². The van der Waals surface area contributed by atoms with Crippen LogP contribution in [0.2, 0.25) is 0 Å². The summed E-state index contributed by atoms with van der Waals surface area (Å²) in [5.74, 6) is -2.68. The molecule has 0 aliphatic heterocycles. The standard InChI is InChI=1S/C31H36BrF2N3O4S/c1-22(2)20-35-31(39)29(18-23-9-5-4-6-10-23)36(21-24-11-7-12-25(32)17-24)30(38)13-8-16-37(42(3,40)41)26-14-15-27(33)28(34)19-26/h4-7,9-12,14-15,17,19,22,29H,8,13,16,18,20-21H2,1-3H3,(H,35,39)/t29-/m0/s1. The monoisotopic (exact) mass is 663 g/mol. The summed E-state index contributed by atoms with van der Waals surface area (Å²) in [6, 6.07) is 18.9. The van der Waals surface area contributed by atoms with E-state index in [0.29, 0.717) is 6.54 Å². The molecule has 0 saturated carbocycles. The van der Waals surface area contributed by atoms with E-state index < -0.39 is 27.7 Å². The van der Waals surface area contributed by atoms with Crippen LogP contribution in [0.1, 0.15) is 37.8 Å². The molecule has 0 aliphatic rings. The zero-order valence-electron chi connectivity index (χ0n) is 23.9. The number of halogens is 3. The Kier molecular flexibility index (Phi) is 12.0. The Hall–Kier alpha value is -3.31. The normalized spacial score (nSPS) is 12.2. The molecule has 0 saturated heterocycles.